The summed E-state index contributed by atoms with van der Waals surface area (Å²) in [5.41, 5.74) is 1.13. The van der Waals surface area contributed by atoms with Crippen molar-refractivity contribution < 1.29 is 17.6 Å². The van der Waals surface area contributed by atoms with E-state index in [1.165, 1.54) is 32.4 Å². The van der Waals surface area contributed by atoms with E-state index < -0.39 is 15.8 Å². The van der Waals surface area contributed by atoms with E-state index in [0.29, 0.717) is 17.0 Å². The Hall–Kier alpha value is -2.74. The first-order valence-corrected chi connectivity index (χ1v) is 8.12. The average Bonchev–Trinajstić information content (AvgIpc) is 2.93. The van der Waals surface area contributed by atoms with Crippen LogP contribution in [0.5, 0.6) is 5.75 Å². The summed E-state index contributed by atoms with van der Waals surface area (Å²) in [5, 5.41) is 0. The lowest BCUT2D eigenvalue weighted by Crippen LogP contribution is -2.26. The van der Waals surface area contributed by atoms with Gasteiger partial charge in [-0.3, -0.25) is 9.29 Å². The van der Waals surface area contributed by atoms with E-state index in [-0.39, 0.29) is 10.5 Å². The number of benzene rings is 2. The zero-order chi connectivity index (χ0) is 16.6. The van der Waals surface area contributed by atoms with E-state index in [1.54, 1.807) is 24.3 Å². The van der Waals surface area contributed by atoms with Crippen LogP contribution in [0.1, 0.15) is 0 Å². The molecule has 3 aromatic rings. The molecule has 3 rings (SSSR count). The van der Waals surface area contributed by atoms with Gasteiger partial charge in [0.05, 0.1) is 23.2 Å². The van der Waals surface area contributed by atoms with Gasteiger partial charge in [0.15, 0.2) is 5.58 Å². The molecule has 8 heteroatoms. The van der Waals surface area contributed by atoms with E-state index in [0.717, 1.165) is 4.31 Å². The molecule has 1 aromatic heterocycles. The van der Waals surface area contributed by atoms with E-state index in [4.69, 9.17) is 9.15 Å². The highest BCUT2D eigenvalue weighted by molar-refractivity contribution is 7.92. The standard InChI is InChI=1S/C15H14N2O5S/c1-17(10-3-5-11(21-2)6-4-10)23(19,20)12-7-8-13-14(9-12)22-15(18)16-13/h3-9H,1-2H3,(H,16,18). The molecule has 2 aromatic carbocycles. The Kier molecular flexibility index (Phi) is 3.61. The summed E-state index contributed by atoms with van der Waals surface area (Å²) in [5.74, 6) is 0.00752. The fraction of sp³-hybridized carbons (Fsp3) is 0.133. The predicted molar refractivity (Wildman–Crippen MR) is 85.4 cm³/mol. The number of methoxy groups -OCH3 is 1. The van der Waals surface area contributed by atoms with Gasteiger partial charge in [-0.05, 0) is 36.4 Å². The summed E-state index contributed by atoms with van der Waals surface area (Å²) in [6.07, 6.45) is 0. The van der Waals surface area contributed by atoms with Gasteiger partial charge in [0.2, 0.25) is 0 Å². The predicted octanol–water partition coefficient (Wildman–Crippen LogP) is 1.95. The Morgan fingerprint density at radius 2 is 1.83 bits per heavy atom. The zero-order valence-corrected chi connectivity index (χ0v) is 13.3. The van der Waals surface area contributed by atoms with Crippen LogP contribution >= 0.6 is 0 Å². The van der Waals surface area contributed by atoms with Crippen molar-refractivity contribution >= 4 is 26.8 Å². The van der Waals surface area contributed by atoms with Gasteiger partial charge in [-0.2, -0.15) is 0 Å². The van der Waals surface area contributed by atoms with Crippen molar-refractivity contribution in [2.75, 3.05) is 18.5 Å². The van der Waals surface area contributed by atoms with E-state index in [9.17, 15) is 13.2 Å². The molecule has 0 fully saturated rings. The van der Waals surface area contributed by atoms with Crippen molar-refractivity contribution in [3.8, 4) is 5.75 Å². The fourth-order valence-electron chi connectivity index (χ4n) is 2.18. The molecule has 0 aliphatic heterocycles. The van der Waals surface area contributed by atoms with E-state index in [2.05, 4.69) is 4.98 Å². The van der Waals surface area contributed by atoms with Gasteiger partial charge >= 0.3 is 5.76 Å². The van der Waals surface area contributed by atoms with Gasteiger partial charge in [0, 0.05) is 13.1 Å². The summed E-state index contributed by atoms with van der Waals surface area (Å²) in [4.78, 5) is 13.7. The number of anilines is 1. The third-order valence-electron chi connectivity index (χ3n) is 3.49. The van der Waals surface area contributed by atoms with Gasteiger partial charge in [-0.1, -0.05) is 0 Å². The highest BCUT2D eigenvalue weighted by Gasteiger charge is 2.22. The number of rotatable bonds is 4. The number of ether oxygens (including phenoxy) is 1. The van der Waals surface area contributed by atoms with Crippen LogP contribution in [0.4, 0.5) is 5.69 Å². The van der Waals surface area contributed by atoms with Crippen molar-refractivity contribution in [2.45, 2.75) is 4.90 Å². The van der Waals surface area contributed by atoms with Crippen LogP contribution in [0.25, 0.3) is 11.1 Å². The minimum atomic E-state index is -3.78. The Morgan fingerprint density at radius 3 is 2.48 bits per heavy atom. The third kappa shape index (κ3) is 2.68. The van der Waals surface area contributed by atoms with Crippen molar-refractivity contribution in [1.82, 2.24) is 4.98 Å². The molecule has 0 bridgehead atoms. The maximum Gasteiger partial charge on any atom is 0.417 e. The molecule has 7 nitrogen and oxygen atoms in total. The van der Waals surface area contributed by atoms with Gasteiger partial charge in [-0.15, -0.1) is 0 Å². The second-order valence-electron chi connectivity index (χ2n) is 4.84. The van der Waals surface area contributed by atoms with Crippen molar-refractivity contribution in [1.29, 1.82) is 0 Å². The number of nitrogens with zero attached hydrogens (tertiary/aromatic N) is 1. The zero-order valence-electron chi connectivity index (χ0n) is 12.4. The lowest BCUT2D eigenvalue weighted by atomic mass is 10.3. The highest BCUT2D eigenvalue weighted by atomic mass is 32.2. The van der Waals surface area contributed by atoms with Gasteiger partial charge in [0.1, 0.15) is 5.75 Å². The van der Waals surface area contributed by atoms with Crippen LogP contribution in [-0.4, -0.2) is 27.6 Å². The number of aromatic amines is 1. The molecular weight excluding hydrogens is 320 g/mol. The summed E-state index contributed by atoms with van der Waals surface area (Å²) >= 11 is 0. The van der Waals surface area contributed by atoms with Crippen LogP contribution in [0.2, 0.25) is 0 Å². The second-order valence-corrected chi connectivity index (χ2v) is 6.81. The number of hydrogen-bond donors (Lipinski definition) is 1. The Bertz CT molecular complexity index is 1000. The lowest BCUT2D eigenvalue weighted by Gasteiger charge is -2.19. The Balaban J connectivity index is 2.02. The first-order chi connectivity index (χ1) is 10.9. The average molecular weight is 334 g/mol. The normalized spacial score (nSPS) is 11.6. The molecule has 1 N–H and O–H groups in total. The van der Waals surface area contributed by atoms with Crippen LogP contribution in [0.15, 0.2) is 56.6 Å². The number of nitrogens with one attached hydrogen (secondary N) is 1. The van der Waals surface area contributed by atoms with Gasteiger partial charge < -0.3 is 9.15 Å². The second kappa shape index (κ2) is 5.47. The maximum atomic E-state index is 12.7. The molecule has 0 aliphatic carbocycles. The number of fused-ring (bicyclic) bond motifs is 1. The van der Waals surface area contributed by atoms with Crippen LogP contribution in [0.3, 0.4) is 0 Å². The summed E-state index contributed by atoms with van der Waals surface area (Å²) in [7, 11) is -0.787. The maximum absolute atomic E-state index is 12.7. The molecule has 0 saturated carbocycles. The Morgan fingerprint density at radius 1 is 1.13 bits per heavy atom. The summed E-state index contributed by atoms with van der Waals surface area (Å²) < 4.78 is 36.5. The minimum absolute atomic E-state index is 0.0334. The summed E-state index contributed by atoms with van der Waals surface area (Å²) in [6.45, 7) is 0. The van der Waals surface area contributed by atoms with Crippen LogP contribution < -0.4 is 14.8 Å². The fourth-order valence-corrected chi connectivity index (χ4v) is 3.39. The molecule has 0 radical (unpaired) electrons. The van der Waals surface area contributed by atoms with Gasteiger partial charge in [0.25, 0.3) is 10.0 Å². The molecule has 0 unspecified atom stereocenters. The minimum Gasteiger partial charge on any atom is -0.497 e. The first-order valence-electron chi connectivity index (χ1n) is 6.67. The quantitative estimate of drug-likeness (QED) is 0.787. The van der Waals surface area contributed by atoms with Crippen molar-refractivity contribution in [2.24, 2.45) is 0 Å². The number of oxazole rings is 1. The molecule has 1 heterocycles. The smallest absolute Gasteiger partial charge is 0.417 e. The molecular formula is C15H14N2O5S. The molecule has 0 saturated heterocycles. The topological polar surface area (TPSA) is 92.6 Å². The summed E-state index contributed by atoms with van der Waals surface area (Å²) in [6, 6.07) is 10.9. The third-order valence-corrected chi connectivity index (χ3v) is 5.27. The number of sulfonamides is 1. The highest BCUT2D eigenvalue weighted by Crippen LogP contribution is 2.25. The molecule has 0 amide bonds. The Labute approximate surface area is 132 Å². The molecule has 0 spiro atoms. The lowest BCUT2D eigenvalue weighted by molar-refractivity contribution is 0.415. The van der Waals surface area contributed by atoms with Crippen LogP contribution in [-0.2, 0) is 10.0 Å². The molecule has 0 aliphatic rings. The van der Waals surface area contributed by atoms with E-state index in [1.807, 2.05) is 0 Å². The molecule has 120 valence electrons. The number of H-pyrrole nitrogens is 1. The van der Waals surface area contributed by atoms with Crippen molar-refractivity contribution in [3.05, 3.63) is 53.0 Å². The van der Waals surface area contributed by atoms with Crippen LogP contribution in [0, 0.1) is 0 Å². The largest absolute Gasteiger partial charge is 0.497 e. The number of aromatic nitrogens is 1. The first kappa shape index (κ1) is 15.2. The SMILES string of the molecule is COc1ccc(N(C)S(=O)(=O)c2ccc3[nH]c(=O)oc3c2)cc1. The molecule has 23 heavy (non-hydrogen) atoms. The monoisotopic (exact) mass is 334 g/mol. The number of hydrogen-bond acceptors (Lipinski definition) is 5. The van der Waals surface area contributed by atoms with Crippen molar-refractivity contribution in [3.63, 3.8) is 0 Å². The molecule has 0 atom stereocenters. The van der Waals surface area contributed by atoms with Gasteiger partial charge in [-0.25, -0.2) is 13.2 Å². The van der Waals surface area contributed by atoms with E-state index >= 15 is 0 Å².